The normalized spacial score (nSPS) is 10.6. The number of hydroxylamine groups is 1. The van der Waals surface area contributed by atoms with Gasteiger partial charge in [-0.2, -0.15) is 0 Å². The Morgan fingerprint density at radius 2 is 0.952 bits per heavy atom. The lowest BCUT2D eigenvalue weighted by Gasteiger charge is -2.28. The van der Waals surface area contributed by atoms with Crippen LogP contribution >= 0.6 is 0 Å². The smallest absolute Gasteiger partial charge is 0.106 e. The van der Waals surface area contributed by atoms with Crippen molar-refractivity contribution < 1.29 is 5.21 Å². The highest BCUT2D eigenvalue weighted by molar-refractivity contribution is 5.49. The number of para-hydroxylation sites is 1. The molecule has 0 aliphatic rings. The summed E-state index contributed by atoms with van der Waals surface area (Å²) in [5, 5.41) is 12.0. The molecule has 0 aliphatic carbocycles. The summed E-state index contributed by atoms with van der Waals surface area (Å²) in [7, 11) is 0. The zero-order valence-corrected chi connectivity index (χ0v) is 11.6. The van der Waals surface area contributed by atoms with Gasteiger partial charge in [0.1, 0.15) is 6.04 Å². The van der Waals surface area contributed by atoms with Gasteiger partial charge in [-0.15, -0.1) is 0 Å². The summed E-state index contributed by atoms with van der Waals surface area (Å²) >= 11 is 0. The van der Waals surface area contributed by atoms with Crippen LogP contribution in [-0.4, -0.2) is 5.21 Å². The molecule has 3 aromatic rings. The van der Waals surface area contributed by atoms with E-state index in [1.54, 1.807) is 0 Å². The van der Waals surface area contributed by atoms with E-state index < -0.39 is 0 Å². The van der Waals surface area contributed by atoms with E-state index in [2.05, 4.69) is 0 Å². The van der Waals surface area contributed by atoms with Gasteiger partial charge in [-0.25, -0.2) is 5.06 Å². The van der Waals surface area contributed by atoms with Crippen LogP contribution in [0.15, 0.2) is 91.0 Å². The van der Waals surface area contributed by atoms with Gasteiger partial charge in [-0.3, -0.25) is 5.21 Å². The molecule has 3 aromatic carbocycles. The molecule has 0 amide bonds. The molecule has 21 heavy (non-hydrogen) atoms. The zero-order chi connectivity index (χ0) is 14.5. The van der Waals surface area contributed by atoms with E-state index in [1.807, 2.05) is 91.0 Å². The van der Waals surface area contributed by atoms with Crippen LogP contribution in [0.5, 0.6) is 0 Å². The molecular formula is C19H17NO. The predicted octanol–water partition coefficient (Wildman–Crippen LogP) is 4.67. The molecule has 0 bridgehead atoms. The lowest BCUT2D eigenvalue weighted by atomic mass is 9.98. The SMILES string of the molecule is ON(c1ccccc1)C(c1ccccc1)c1ccccc1. The predicted molar refractivity (Wildman–Crippen MR) is 85.4 cm³/mol. The van der Waals surface area contributed by atoms with Crippen molar-refractivity contribution in [3.05, 3.63) is 102 Å². The Kier molecular flexibility index (Phi) is 3.99. The highest BCUT2D eigenvalue weighted by Gasteiger charge is 2.21. The van der Waals surface area contributed by atoms with Crippen molar-refractivity contribution in [3.63, 3.8) is 0 Å². The number of hydrogen-bond acceptors (Lipinski definition) is 2. The molecule has 0 saturated carbocycles. The van der Waals surface area contributed by atoms with Gasteiger partial charge in [0.25, 0.3) is 0 Å². The third kappa shape index (κ3) is 2.96. The van der Waals surface area contributed by atoms with E-state index in [9.17, 15) is 5.21 Å². The second-order valence-corrected chi connectivity index (χ2v) is 4.90. The Balaban J connectivity index is 2.05. The molecule has 0 aliphatic heterocycles. The maximum absolute atomic E-state index is 10.7. The van der Waals surface area contributed by atoms with Gasteiger partial charge in [-0.1, -0.05) is 78.9 Å². The van der Waals surface area contributed by atoms with Crippen LogP contribution in [0, 0.1) is 0 Å². The van der Waals surface area contributed by atoms with Crippen molar-refractivity contribution in [2.45, 2.75) is 6.04 Å². The zero-order valence-electron chi connectivity index (χ0n) is 11.6. The fraction of sp³-hybridized carbons (Fsp3) is 0.0526. The molecule has 0 aromatic heterocycles. The molecule has 0 saturated heterocycles. The number of benzene rings is 3. The van der Waals surface area contributed by atoms with Gasteiger partial charge >= 0.3 is 0 Å². The minimum atomic E-state index is -0.227. The number of rotatable bonds is 4. The van der Waals surface area contributed by atoms with Crippen LogP contribution < -0.4 is 5.06 Å². The number of hydrogen-bond donors (Lipinski definition) is 1. The van der Waals surface area contributed by atoms with Crippen LogP contribution in [0.3, 0.4) is 0 Å². The van der Waals surface area contributed by atoms with E-state index in [0.717, 1.165) is 16.8 Å². The molecule has 0 radical (unpaired) electrons. The van der Waals surface area contributed by atoms with E-state index in [4.69, 9.17) is 0 Å². The molecule has 1 N–H and O–H groups in total. The maximum atomic E-state index is 10.7. The maximum Gasteiger partial charge on any atom is 0.106 e. The van der Waals surface area contributed by atoms with Gasteiger partial charge in [-0.05, 0) is 23.3 Å². The summed E-state index contributed by atoms with van der Waals surface area (Å²) in [5.74, 6) is 0. The Hall–Kier alpha value is -2.58. The molecule has 0 atom stereocenters. The monoisotopic (exact) mass is 275 g/mol. The second kappa shape index (κ2) is 6.25. The molecule has 0 heterocycles. The van der Waals surface area contributed by atoms with E-state index in [0.29, 0.717) is 0 Å². The van der Waals surface area contributed by atoms with Crippen LogP contribution in [-0.2, 0) is 0 Å². The van der Waals surface area contributed by atoms with E-state index in [1.165, 1.54) is 5.06 Å². The summed E-state index contributed by atoms with van der Waals surface area (Å²) in [6.07, 6.45) is 0. The van der Waals surface area contributed by atoms with Crippen LogP contribution in [0.25, 0.3) is 0 Å². The van der Waals surface area contributed by atoms with Crippen molar-refractivity contribution >= 4 is 5.69 Å². The van der Waals surface area contributed by atoms with Crippen molar-refractivity contribution in [2.24, 2.45) is 0 Å². The van der Waals surface area contributed by atoms with Gasteiger partial charge in [0.2, 0.25) is 0 Å². The minimum Gasteiger partial charge on any atom is -0.287 e. The Labute approximate surface area is 124 Å². The fourth-order valence-corrected chi connectivity index (χ4v) is 2.48. The van der Waals surface area contributed by atoms with Crippen LogP contribution in [0.2, 0.25) is 0 Å². The highest BCUT2D eigenvalue weighted by atomic mass is 16.5. The molecule has 0 fully saturated rings. The first-order valence-electron chi connectivity index (χ1n) is 6.99. The average molecular weight is 275 g/mol. The summed E-state index contributed by atoms with van der Waals surface area (Å²) in [5.41, 5.74) is 2.88. The standard InChI is InChI=1S/C19H17NO/c21-20(18-14-8-3-9-15-18)19(16-10-4-1-5-11-16)17-12-6-2-7-13-17/h1-15,19,21H. The van der Waals surface area contributed by atoms with Crippen LogP contribution in [0.1, 0.15) is 17.2 Å². The van der Waals surface area contributed by atoms with Crippen molar-refractivity contribution in [1.82, 2.24) is 0 Å². The average Bonchev–Trinajstić information content (AvgIpc) is 2.58. The summed E-state index contributed by atoms with van der Waals surface area (Å²) in [6, 6.07) is 29.4. The third-order valence-electron chi connectivity index (χ3n) is 3.50. The lowest BCUT2D eigenvalue weighted by Crippen LogP contribution is -2.25. The largest absolute Gasteiger partial charge is 0.287 e. The van der Waals surface area contributed by atoms with Crippen molar-refractivity contribution in [2.75, 3.05) is 5.06 Å². The number of nitrogens with zero attached hydrogens (tertiary/aromatic N) is 1. The summed E-state index contributed by atoms with van der Waals surface area (Å²) < 4.78 is 0. The highest BCUT2D eigenvalue weighted by Crippen LogP contribution is 2.31. The first-order chi connectivity index (χ1) is 10.4. The molecule has 0 spiro atoms. The molecular weight excluding hydrogens is 258 g/mol. The molecule has 104 valence electrons. The summed E-state index contributed by atoms with van der Waals surface area (Å²) in [4.78, 5) is 0. The van der Waals surface area contributed by atoms with Crippen molar-refractivity contribution in [3.8, 4) is 0 Å². The van der Waals surface area contributed by atoms with Crippen LogP contribution in [0.4, 0.5) is 5.69 Å². The second-order valence-electron chi connectivity index (χ2n) is 4.90. The first kappa shape index (κ1) is 13.4. The fourth-order valence-electron chi connectivity index (χ4n) is 2.48. The number of anilines is 1. The molecule has 2 heteroatoms. The summed E-state index contributed by atoms with van der Waals surface area (Å²) in [6.45, 7) is 0. The molecule has 0 unspecified atom stereocenters. The minimum absolute atomic E-state index is 0.227. The molecule has 2 nitrogen and oxygen atoms in total. The Bertz CT molecular complexity index is 628. The first-order valence-corrected chi connectivity index (χ1v) is 6.99. The van der Waals surface area contributed by atoms with Gasteiger partial charge < -0.3 is 0 Å². The lowest BCUT2D eigenvalue weighted by molar-refractivity contribution is 0.231. The molecule has 3 rings (SSSR count). The van der Waals surface area contributed by atoms with E-state index >= 15 is 0 Å². The Morgan fingerprint density at radius 1 is 0.571 bits per heavy atom. The third-order valence-corrected chi connectivity index (χ3v) is 3.50. The van der Waals surface area contributed by atoms with Gasteiger partial charge in [0.15, 0.2) is 0 Å². The van der Waals surface area contributed by atoms with Crippen molar-refractivity contribution in [1.29, 1.82) is 0 Å². The quantitative estimate of drug-likeness (QED) is 0.699. The topological polar surface area (TPSA) is 23.5 Å². The van der Waals surface area contributed by atoms with E-state index in [-0.39, 0.29) is 6.04 Å². The van der Waals surface area contributed by atoms with Gasteiger partial charge in [0.05, 0.1) is 5.69 Å². The van der Waals surface area contributed by atoms with Gasteiger partial charge in [0, 0.05) is 0 Å². The Morgan fingerprint density at radius 3 is 1.38 bits per heavy atom.